The summed E-state index contributed by atoms with van der Waals surface area (Å²) in [4.78, 5) is 0. The van der Waals surface area contributed by atoms with Gasteiger partial charge in [-0.05, 0) is 98.8 Å². The third-order valence-electron chi connectivity index (χ3n) is 12.2. The molecule has 7 rings (SSSR count). The maximum atomic E-state index is 10.3. The van der Waals surface area contributed by atoms with Crippen molar-refractivity contribution in [2.24, 2.45) is 39.9 Å². The third-order valence-corrected chi connectivity index (χ3v) is 14.0. The summed E-state index contributed by atoms with van der Waals surface area (Å²) in [6, 6.07) is 0.553. The van der Waals surface area contributed by atoms with Gasteiger partial charge in [0.2, 0.25) is 0 Å². The van der Waals surface area contributed by atoms with Crippen molar-refractivity contribution in [1.29, 1.82) is 0 Å². The van der Waals surface area contributed by atoms with E-state index in [9.17, 15) is 5.11 Å². The molecule has 6 fully saturated rings. The van der Waals surface area contributed by atoms with Gasteiger partial charge in [-0.1, -0.05) is 55.0 Å². The molecule has 0 radical (unpaired) electrons. The van der Waals surface area contributed by atoms with E-state index in [-0.39, 0.29) is 11.7 Å². The predicted octanol–water partition coefficient (Wildman–Crippen LogP) is 5.25. The minimum atomic E-state index is -0.0999. The van der Waals surface area contributed by atoms with Crippen LogP contribution < -0.4 is 5.32 Å². The first-order valence-electron chi connectivity index (χ1n) is 13.2. The van der Waals surface area contributed by atoms with Gasteiger partial charge < -0.3 is 15.2 Å². The van der Waals surface area contributed by atoms with Gasteiger partial charge in [-0.3, -0.25) is 0 Å². The van der Waals surface area contributed by atoms with E-state index < -0.39 is 0 Å². The van der Waals surface area contributed by atoms with E-state index >= 15 is 0 Å². The van der Waals surface area contributed by atoms with Gasteiger partial charge in [-0.25, -0.2) is 0 Å². The number of aliphatic hydroxyl groups is 1. The van der Waals surface area contributed by atoms with Crippen molar-refractivity contribution in [2.75, 3.05) is 6.54 Å². The maximum absolute atomic E-state index is 10.3. The molecular weight excluding hydrogens is 497 g/mol. The Balaban J connectivity index is 1.23. The minimum absolute atomic E-state index is 0.0872. The van der Waals surface area contributed by atoms with Crippen LogP contribution in [-0.4, -0.2) is 39.4 Å². The minimum Gasteiger partial charge on any atom is -0.393 e. The standard InChI is InChI=1S/C27H40INO2/c1-15-10-21-22(29-13-15)23(28)27(31-21)9-7-19-18-5-4-16-11-17(30)6-8-24(16,2)20(18)12-26(19)14-25(26,27)3/h4,15,17-23,29-30H,5-14H2,1-3H3/t15-,17-,18-,19-,20-,21+,22+,23+,24-,25?,26?,27+/m0/s1. The Bertz CT molecular complexity index is 845. The van der Waals surface area contributed by atoms with Crippen molar-refractivity contribution in [2.45, 2.75) is 106 Å². The average molecular weight is 538 g/mol. The van der Waals surface area contributed by atoms with Gasteiger partial charge in [0.15, 0.2) is 0 Å². The molecule has 0 aromatic heterocycles. The summed E-state index contributed by atoms with van der Waals surface area (Å²) in [7, 11) is 0. The summed E-state index contributed by atoms with van der Waals surface area (Å²) in [5.41, 5.74) is 2.91. The van der Waals surface area contributed by atoms with Crippen LogP contribution in [0.25, 0.3) is 0 Å². The number of hydrogen-bond acceptors (Lipinski definition) is 3. The van der Waals surface area contributed by atoms with Gasteiger partial charge in [-0.2, -0.15) is 0 Å². The Morgan fingerprint density at radius 3 is 2.87 bits per heavy atom. The Morgan fingerprint density at radius 1 is 1.19 bits per heavy atom. The first-order chi connectivity index (χ1) is 14.7. The first kappa shape index (κ1) is 20.7. The van der Waals surface area contributed by atoms with Crippen molar-refractivity contribution < 1.29 is 9.84 Å². The van der Waals surface area contributed by atoms with Gasteiger partial charge in [0, 0.05) is 11.5 Å². The second-order valence-corrected chi connectivity index (χ2v) is 14.6. The number of allylic oxidation sites excluding steroid dienone is 1. The number of ether oxygens (including phenoxy) is 1. The fraction of sp³-hybridized carbons (Fsp3) is 0.926. The van der Waals surface area contributed by atoms with Crippen molar-refractivity contribution in [1.82, 2.24) is 5.32 Å². The van der Waals surface area contributed by atoms with Gasteiger partial charge in [0.25, 0.3) is 0 Å². The number of piperidine rings is 1. The molecule has 5 aliphatic carbocycles. The normalized spacial score (nSPS) is 64.1. The van der Waals surface area contributed by atoms with Crippen LogP contribution in [0.2, 0.25) is 0 Å². The zero-order chi connectivity index (χ0) is 21.4. The highest BCUT2D eigenvalue weighted by Crippen LogP contribution is 2.86. The smallest absolute Gasteiger partial charge is 0.0879 e. The molecule has 12 atom stereocenters. The zero-order valence-corrected chi connectivity index (χ0v) is 21.7. The molecule has 0 bridgehead atoms. The van der Waals surface area contributed by atoms with Crippen LogP contribution in [-0.2, 0) is 4.74 Å². The number of hydrogen-bond donors (Lipinski definition) is 2. The summed E-state index contributed by atoms with van der Waals surface area (Å²) < 4.78 is 7.82. The first-order valence-corrected chi connectivity index (χ1v) is 14.4. The van der Waals surface area contributed by atoms with Crippen molar-refractivity contribution >= 4 is 22.6 Å². The number of rotatable bonds is 0. The monoisotopic (exact) mass is 537 g/mol. The van der Waals surface area contributed by atoms with E-state index in [0.29, 0.717) is 32.3 Å². The topological polar surface area (TPSA) is 41.5 Å². The Kier molecular flexibility index (Phi) is 4.22. The molecule has 4 saturated carbocycles. The van der Waals surface area contributed by atoms with Crippen molar-refractivity contribution in [3.05, 3.63) is 11.6 Å². The highest BCUT2D eigenvalue weighted by molar-refractivity contribution is 14.1. The Morgan fingerprint density at radius 2 is 2.03 bits per heavy atom. The van der Waals surface area contributed by atoms with Crippen LogP contribution in [0.4, 0.5) is 0 Å². The lowest BCUT2D eigenvalue weighted by Gasteiger charge is -2.49. The molecular formula is C27H40INO2. The molecule has 4 heteroatoms. The van der Waals surface area contributed by atoms with Gasteiger partial charge in [0.1, 0.15) is 0 Å². The number of aliphatic hydroxyl groups excluding tert-OH is 1. The van der Waals surface area contributed by atoms with E-state index in [1.807, 2.05) is 0 Å². The molecule has 3 nitrogen and oxygen atoms in total. The van der Waals surface area contributed by atoms with Crippen LogP contribution in [0.1, 0.15) is 78.6 Å². The molecule has 2 aliphatic heterocycles. The molecule has 0 amide bonds. The molecule has 2 spiro atoms. The molecule has 7 aliphatic rings. The van der Waals surface area contributed by atoms with E-state index in [2.05, 4.69) is 54.8 Å². The molecule has 172 valence electrons. The lowest BCUT2D eigenvalue weighted by Crippen LogP contribution is -2.55. The van der Waals surface area contributed by atoms with Crippen LogP contribution in [0.5, 0.6) is 0 Å². The fourth-order valence-corrected chi connectivity index (χ4v) is 12.4. The second-order valence-electron chi connectivity index (χ2n) is 13.3. The van der Waals surface area contributed by atoms with Crippen LogP contribution in [0.3, 0.4) is 0 Å². The van der Waals surface area contributed by atoms with Crippen LogP contribution in [0, 0.1) is 39.9 Å². The Labute approximate surface area is 201 Å². The highest BCUT2D eigenvalue weighted by Gasteiger charge is 2.84. The van der Waals surface area contributed by atoms with Gasteiger partial charge in [-0.15, -0.1) is 0 Å². The molecule has 0 aromatic rings. The number of alkyl halides is 1. The third kappa shape index (κ3) is 2.33. The summed E-state index contributed by atoms with van der Waals surface area (Å²) in [6.07, 6.45) is 14.0. The van der Waals surface area contributed by atoms with Crippen molar-refractivity contribution in [3.63, 3.8) is 0 Å². The quantitative estimate of drug-likeness (QED) is 0.252. The van der Waals surface area contributed by atoms with E-state index in [0.717, 1.165) is 43.1 Å². The molecule has 2 unspecified atom stereocenters. The van der Waals surface area contributed by atoms with E-state index in [4.69, 9.17) is 4.74 Å². The van der Waals surface area contributed by atoms with Crippen molar-refractivity contribution in [3.8, 4) is 0 Å². The maximum Gasteiger partial charge on any atom is 0.0879 e. The lowest BCUT2D eigenvalue weighted by molar-refractivity contribution is -0.130. The lowest BCUT2D eigenvalue weighted by atomic mass is 9.56. The van der Waals surface area contributed by atoms with Crippen LogP contribution >= 0.6 is 22.6 Å². The summed E-state index contributed by atoms with van der Waals surface area (Å²) in [5.74, 6) is 3.34. The highest BCUT2D eigenvalue weighted by atomic mass is 127. The average Bonchev–Trinajstić information content (AvgIpc) is 3.08. The SMILES string of the molecule is C[C@@H]1CN[C@H]2[C@@H](I)[C@@]3(CC[C@H]4[C@@H]5CC=C6C[C@@H](O)CC[C@]6(C)[C@H]5CC45CC53C)O[C@@H]2C1. The summed E-state index contributed by atoms with van der Waals surface area (Å²) in [6.45, 7) is 8.75. The largest absolute Gasteiger partial charge is 0.393 e. The number of nitrogens with one attached hydrogen (secondary N) is 1. The molecule has 2 heterocycles. The Hall–Kier alpha value is 0.350. The molecule has 31 heavy (non-hydrogen) atoms. The number of fused-ring (bicyclic) bond motifs is 6. The van der Waals surface area contributed by atoms with E-state index in [1.165, 1.54) is 44.9 Å². The van der Waals surface area contributed by atoms with Crippen LogP contribution in [0.15, 0.2) is 11.6 Å². The number of halogens is 1. The van der Waals surface area contributed by atoms with Gasteiger partial charge >= 0.3 is 0 Å². The van der Waals surface area contributed by atoms with Gasteiger partial charge in [0.05, 0.1) is 21.7 Å². The molecule has 0 aromatic carbocycles. The van der Waals surface area contributed by atoms with E-state index in [1.54, 1.807) is 5.57 Å². The predicted molar refractivity (Wildman–Crippen MR) is 131 cm³/mol. The molecule has 2 saturated heterocycles. The fourth-order valence-electron chi connectivity index (χ4n) is 10.5. The second kappa shape index (κ2) is 6.31. The molecule has 2 N–H and O–H groups in total. The zero-order valence-electron chi connectivity index (χ0n) is 19.5. The summed E-state index contributed by atoms with van der Waals surface area (Å²) >= 11 is 2.80. The summed E-state index contributed by atoms with van der Waals surface area (Å²) in [5, 5.41) is 14.2.